The summed E-state index contributed by atoms with van der Waals surface area (Å²) in [7, 11) is -3.47. The van der Waals surface area contributed by atoms with Crippen LogP contribution in [0, 0.1) is 5.92 Å². The van der Waals surface area contributed by atoms with Gasteiger partial charge in [0, 0.05) is 32.6 Å². The Morgan fingerprint density at radius 2 is 1.61 bits per heavy atom. The minimum absolute atomic E-state index is 0.0285. The van der Waals surface area contributed by atoms with Crippen molar-refractivity contribution in [1.82, 2.24) is 9.80 Å². The van der Waals surface area contributed by atoms with E-state index in [0.717, 1.165) is 12.8 Å². The summed E-state index contributed by atoms with van der Waals surface area (Å²) in [6.07, 6.45) is 5.86. The van der Waals surface area contributed by atoms with Crippen molar-refractivity contribution >= 4 is 21.7 Å². The SMILES string of the molecule is CCCS(=O)(=O)c1ccccc1C(=O)N1CCN(C(=O)CC2CCCC2)CC1. The molecule has 1 heterocycles. The van der Waals surface area contributed by atoms with E-state index in [-0.39, 0.29) is 28.0 Å². The summed E-state index contributed by atoms with van der Waals surface area (Å²) in [6, 6.07) is 6.45. The van der Waals surface area contributed by atoms with Crippen LogP contribution in [0.15, 0.2) is 29.2 Å². The Labute approximate surface area is 167 Å². The third-order valence-electron chi connectivity index (χ3n) is 5.78. The van der Waals surface area contributed by atoms with Crippen molar-refractivity contribution in [3.05, 3.63) is 29.8 Å². The first kappa shape index (κ1) is 20.8. The number of piperazine rings is 1. The quantitative estimate of drug-likeness (QED) is 0.728. The third kappa shape index (κ3) is 4.74. The lowest BCUT2D eigenvalue weighted by molar-refractivity contribution is -0.133. The number of hydrogen-bond acceptors (Lipinski definition) is 4. The molecule has 0 radical (unpaired) electrons. The molecule has 0 atom stereocenters. The molecular formula is C21H30N2O4S. The molecule has 1 saturated heterocycles. The Morgan fingerprint density at radius 1 is 1.00 bits per heavy atom. The summed E-state index contributed by atoms with van der Waals surface area (Å²) >= 11 is 0. The molecule has 2 aliphatic rings. The van der Waals surface area contributed by atoms with Crippen molar-refractivity contribution in [2.45, 2.75) is 50.3 Å². The molecule has 1 aromatic carbocycles. The topological polar surface area (TPSA) is 74.8 Å². The lowest BCUT2D eigenvalue weighted by Crippen LogP contribution is -2.51. The molecule has 0 spiro atoms. The number of hydrogen-bond donors (Lipinski definition) is 0. The zero-order valence-electron chi connectivity index (χ0n) is 16.6. The van der Waals surface area contributed by atoms with E-state index in [1.807, 2.05) is 11.8 Å². The Balaban J connectivity index is 1.63. The number of benzene rings is 1. The van der Waals surface area contributed by atoms with Gasteiger partial charge in [0.05, 0.1) is 16.2 Å². The summed E-state index contributed by atoms with van der Waals surface area (Å²) in [5.41, 5.74) is 0.238. The maximum absolute atomic E-state index is 13.0. The minimum Gasteiger partial charge on any atom is -0.339 e. The van der Waals surface area contributed by atoms with E-state index >= 15 is 0 Å². The number of carbonyl (C=O) groups is 2. The monoisotopic (exact) mass is 406 g/mol. The van der Waals surface area contributed by atoms with Gasteiger partial charge in [0.15, 0.2) is 9.84 Å². The highest BCUT2D eigenvalue weighted by molar-refractivity contribution is 7.91. The second-order valence-electron chi connectivity index (χ2n) is 7.84. The van der Waals surface area contributed by atoms with Crippen molar-refractivity contribution in [2.75, 3.05) is 31.9 Å². The predicted octanol–water partition coefficient (Wildman–Crippen LogP) is 2.74. The molecule has 1 aliphatic carbocycles. The molecule has 1 aromatic rings. The largest absolute Gasteiger partial charge is 0.339 e. The van der Waals surface area contributed by atoms with E-state index in [1.54, 1.807) is 23.1 Å². The molecule has 1 saturated carbocycles. The van der Waals surface area contributed by atoms with Gasteiger partial charge in [0.2, 0.25) is 5.91 Å². The maximum atomic E-state index is 13.0. The molecule has 154 valence electrons. The summed E-state index contributed by atoms with van der Waals surface area (Å²) in [4.78, 5) is 29.1. The van der Waals surface area contributed by atoms with Crippen molar-refractivity contribution in [1.29, 1.82) is 0 Å². The third-order valence-corrected chi connectivity index (χ3v) is 7.75. The van der Waals surface area contributed by atoms with Crippen LogP contribution in [0.5, 0.6) is 0 Å². The van der Waals surface area contributed by atoms with Gasteiger partial charge in [-0.05, 0) is 37.3 Å². The molecular weight excluding hydrogens is 376 g/mol. The van der Waals surface area contributed by atoms with Gasteiger partial charge in [-0.3, -0.25) is 9.59 Å². The molecule has 0 N–H and O–H groups in total. The van der Waals surface area contributed by atoms with E-state index in [4.69, 9.17) is 0 Å². The first-order valence-electron chi connectivity index (χ1n) is 10.3. The van der Waals surface area contributed by atoms with E-state index in [2.05, 4.69) is 0 Å². The molecule has 3 rings (SSSR count). The number of nitrogens with zero attached hydrogens (tertiary/aromatic N) is 2. The van der Waals surface area contributed by atoms with Gasteiger partial charge in [-0.1, -0.05) is 31.9 Å². The van der Waals surface area contributed by atoms with Gasteiger partial charge >= 0.3 is 0 Å². The fourth-order valence-electron chi connectivity index (χ4n) is 4.21. The van der Waals surface area contributed by atoms with Crippen molar-refractivity contribution in [2.24, 2.45) is 5.92 Å². The highest BCUT2D eigenvalue weighted by Crippen LogP contribution is 2.28. The second-order valence-corrected chi connectivity index (χ2v) is 9.92. The molecule has 2 fully saturated rings. The van der Waals surface area contributed by atoms with Gasteiger partial charge in [-0.15, -0.1) is 0 Å². The summed E-state index contributed by atoms with van der Waals surface area (Å²) < 4.78 is 25.0. The molecule has 0 aromatic heterocycles. The van der Waals surface area contributed by atoms with Crippen LogP contribution in [0.3, 0.4) is 0 Å². The normalized spacial score (nSPS) is 18.5. The molecule has 28 heavy (non-hydrogen) atoms. The molecule has 0 bridgehead atoms. The molecule has 0 unspecified atom stereocenters. The highest BCUT2D eigenvalue weighted by Gasteiger charge is 2.29. The van der Waals surface area contributed by atoms with Gasteiger partial charge in [-0.25, -0.2) is 8.42 Å². The van der Waals surface area contributed by atoms with Crippen molar-refractivity contribution in [3.63, 3.8) is 0 Å². The minimum atomic E-state index is -3.47. The molecule has 1 aliphatic heterocycles. The van der Waals surface area contributed by atoms with Gasteiger partial charge in [0.25, 0.3) is 5.91 Å². The average Bonchev–Trinajstić information content (AvgIpc) is 3.20. The molecule has 2 amide bonds. The summed E-state index contributed by atoms with van der Waals surface area (Å²) in [5, 5.41) is 0. The van der Waals surface area contributed by atoms with Crippen LogP contribution in [-0.2, 0) is 14.6 Å². The lowest BCUT2D eigenvalue weighted by Gasteiger charge is -2.35. The van der Waals surface area contributed by atoms with Crippen LogP contribution in [0.4, 0.5) is 0 Å². The smallest absolute Gasteiger partial charge is 0.255 e. The Morgan fingerprint density at radius 3 is 2.25 bits per heavy atom. The Kier molecular flexibility index (Phi) is 6.75. The number of amides is 2. The Hall–Kier alpha value is -1.89. The van der Waals surface area contributed by atoms with Crippen LogP contribution in [-0.4, -0.2) is 62.0 Å². The van der Waals surface area contributed by atoms with Gasteiger partial charge < -0.3 is 9.80 Å². The van der Waals surface area contributed by atoms with E-state index in [9.17, 15) is 18.0 Å². The number of rotatable bonds is 6. The second kappa shape index (κ2) is 9.07. The maximum Gasteiger partial charge on any atom is 0.255 e. The van der Waals surface area contributed by atoms with E-state index < -0.39 is 9.84 Å². The Bertz CT molecular complexity index is 807. The zero-order chi connectivity index (χ0) is 20.1. The zero-order valence-corrected chi connectivity index (χ0v) is 17.4. The standard InChI is InChI=1S/C21H30N2O4S/c1-2-15-28(26,27)19-10-6-5-9-18(19)21(25)23-13-11-22(12-14-23)20(24)16-17-7-3-4-8-17/h5-6,9-10,17H,2-4,7-8,11-16H2,1H3. The van der Waals surface area contributed by atoms with Crippen LogP contribution in [0.2, 0.25) is 0 Å². The van der Waals surface area contributed by atoms with Crippen molar-refractivity contribution in [3.8, 4) is 0 Å². The van der Waals surface area contributed by atoms with E-state index in [1.165, 1.54) is 18.9 Å². The number of carbonyl (C=O) groups excluding carboxylic acids is 2. The van der Waals surface area contributed by atoms with Crippen LogP contribution in [0.1, 0.15) is 55.8 Å². The molecule has 6 nitrogen and oxygen atoms in total. The van der Waals surface area contributed by atoms with Gasteiger partial charge in [-0.2, -0.15) is 0 Å². The van der Waals surface area contributed by atoms with Crippen LogP contribution >= 0.6 is 0 Å². The van der Waals surface area contributed by atoms with Gasteiger partial charge in [0.1, 0.15) is 0 Å². The van der Waals surface area contributed by atoms with E-state index in [0.29, 0.717) is 44.9 Å². The summed E-state index contributed by atoms with van der Waals surface area (Å²) in [5.74, 6) is 0.465. The fraction of sp³-hybridized carbons (Fsp3) is 0.619. The van der Waals surface area contributed by atoms with Crippen molar-refractivity contribution < 1.29 is 18.0 Å². The predicted molar refractivity (Wildman–Crippen MR) is 108 cm³/mol. The fourth-order valence-corrected chi connectivity index (χ4v) is 5.75. The van der Waals surface area contributed by atoms with Crippen LogP contribution < -0.4 is 0 Å². The summed E-state index contributed by atoms with van der Waals surface area (Å²) in [6.45, 7) is 3.72. The molecule has 7 heteroatoms. The number of sulfone groups is 1. The van der Waals surface area contributed by atoms with Crippen LogP contribution in [0.25, 0.3) is 0 Å². The first-order valence-corrected chi connectivity index (χ1v) is 12.0. The highest BCUT2D eigenvalue weighted by atomic mass is 32.2. The lowest BCUT2D eigenvalue weighted by atomic mass is 10.0. The average molecular weight is 407 g/mol. The first-order chi connectivity index (χ1) is 13.4.